The molecule has 9 nitrogen and oxygen atoms in total. The van der Waals surface area contributed by atoms with E-state index in [-0.39, 0.29) is 24.4 Å². The highest BCUT2D eigenvalue weighted by Crippen LogP contribution is 2.32. The lowest BCUT2D eigenvalue weighted by Crippen LogP contribution is -2.57. The van der Waals surface area contributed by atoms with Gasteiger partial charge in [-0.2, -0.15) is 8.78 Å². The summed E-state index contributed by atoms with van der Waals surface area (Å²) in [5.41, 5.74) is 0.954. The van der Waals surface area contributed by atoms with Crippen LogP contribution in [0.1, 0.15) is 55.4 Å². The summed E-state index contributed by atoms with van der Waals surface area (Å²) in [6.45, 7) is 6.39. The molecule has 0 radical (unpaired) electrons. The minimum Gasteiger partial charge on any atom is -0.444 e. The number of benzene rings is 1. The Kier molecular flexibility index (Phi) is 5.85. The molecule has 0 unspecified atom stereocenters. The number of hydrogen-bond acceptors (Lipinski definition) is 7. The number of fused-ring (bicyclic) bond motifs is 1. The van der Waals surface area contributed by atoms with Crippen molar-refractivity contribution in [3.05, 3.63) is 35.2 Å². The van der Waals surface area contributed by atoms with E-state index in [4.69, 9.17) is 13.9 Å². The van der Waals surface area contributed by atoms with Crippen LogP contribution in [0, 0.1) is 0 Å². The second kappa shape index (κ2) is 8.45. The van der Waals surface area contributed by atoms with Gasteiger partial charge in [-0.25, -0.2) is 4.79 Å². The number of halogens is 2. The van der Waals surface area contributed by atoms with Crippen LogP contribution in [0.15, 0.2) is 22.6 Å². The molecule has 1 N–H and O–H groups in total. The Morgan fingerprint density at radius 3 is 2.78 bits per heavy atom. The zero-order valence-electron chi connectivity index (χ0n) is 17.9. The van der Waals surface area contributed by atoms with Gasteiger partial charge in [0.1, 0.15) is 5.60 Å². The van der Waals surface area contributed by atoms with Gasteiger partial charge in [-0.3, -0.25) is 4.79 Å². The number of ether oxygens (including phenoxy) is 2. The number of nitrogens with zero attached hydrogens (tertiary/aromatic N) is 3. The summed E-state index contributed by atoms with van der Waals surface area (Å²) in [4.78, 5) is 27.2. The molecule has 2 aliphatic heterocycles. The van der Waals surface area contributed by atoms with Gasteiger partial charge in [-0.1, -0.05) is 6.07 Å². The van der Waals surface area contributed by atoms with E-state index in [2.05, 4.69) is 15.5 Å². The van der Waals surface area contributed by atoms with Crippen LogP contribution in [0.25, 0.3) is 11.5 Å². The predicted molar refractivity (Wildman–Crippen MR) is 107 cm³/mol. The number of carbonyl (C=O) groups excluding carboxylic acids is 2. The van der Waals surface area contributed by atoms with E-state index in [1.807, 2.05) is 0 Å². The maximum Gasteiger partial charge on any atom is 0.408 e. The average molecular weight is 450 g/mol. The average Bonchev–Trinajstić information content (AvgIpc) is 3.32. The molecule has 11 heteroatoms. The number of rotatable bonds is 4. The van der Waals surface area contributed by atoms with E-state index in [0.29, 0.717) is 30.7 Å². The van der Waals surface area contributed by atoms with Crippen molar-refractivity contribution < 1.29 is 32.3 Å². The summed E-state index contributed by atoms with van der Waals surface area (Å²) in [5.74, 6) is -1.07. The van der Waals surface area contributed by atoms with E-state index in [0.717, 1.165) is 5.56 Å². The Morgan fingerprint density at radius 2 is 2.09 bits per heavy atom. The Hall–Kier alpha value is -3.08. The standard InChI is InChI=1S/C21H24F2N4O5/c1-21(2,3)32-20(29)24-14-10-30-7-6-15(14)27-9-12-5-4-11(8-13(12)19(27)28)17-25-26-18(31-17)16(22)23/h4-5,8,14-16H,6-7,9-10H2,1-3H3,(H,24,29)/t14-,15+/m0/s1. The molecule has 2 aromatic rings. The molecule has 2 atom stereocenters. The quantitative estimate of drug-likeness (QED) is 0.762. The summed E-state index contributed by atoms with van der Waals surface area (Å²) in [6.07, 6.45) is -2.89. The third-order valence-electron chi connectivity index (χ3n) is 5.24. The Bertz CT molecular complexity index is 1020. The second-order valence-corrected chi connectivity index (χ2v) is 8.73. The van der Waals surface area contributed by atoms with Crippen molar-refractivity contribution in [3.8, 4) is 11.5 Å². The van der Waals surface area contributed by atoms with Gasteiger partial charge in [0.05, 0.1) is 18.7 Å². The van der Waals surface area contributed by atoms with Gasteiger partial charge in [-0.05, 0) is 44.9 Å². The Labute approximate surface area is 183 Å². The fraction of sp³-hybridized carbons (Fsp3) is 0.524. The van der Waals surface area contributed by atoms with Crippen molar-refractivity contribution in [1.29, 1.82) is 0 Å². The normalized spacial score (nSPS) is 21.1. The molecular weight excluding hydrogens is 426 g/mol. The lowest BCUT2D eigenvalue weighted by atomic mass is 10.0. The SMILES string of the molecule is CC(C)(C)OC(=O)N[C@H]1COCC[C@H]1N1Cc2ccc(-c3nnc(C(F)F)o3)cc2C1=O. The van der Waals surface area contributed by atoms with E-state index < -0.39 is 30.1 Å². The Morgan fingerprint density at radius 1 is 1.31 bits per heavy atom. The van der Waals surface area contributed by atoms with E-state index in [1.165, 1.54) is 0 Å². The van der Waals surface area contributed by atoms with E-state index >= 15 is 0 Å². The first-order valence-corrected chi connectivity index (χ1v) is 10.3. The maximum atomic E-state index is 13.2. The third kappa shape index (κ3) is 4.57. The smallest absolute Gasteiger partial charge is 0.408 e. The fourth-order valence-electron chi connectivity index (χ4n) is 3.86. The minimum absolute atomic E-state index is 0.0788. The van der Waals surface area contributed by atoms with Gasteiger partial charge in [0.2, 0.25) is 5.89 Å². The van der Waals surface area contributed by atoms with Crippen LogP contribution in [0.3, 0.4) is 0 Å². The fourth-order valence-corrected chi connectivity index (χ4v) is 3.86. The summed E-state index contributed by atoms with van der Waals surface area (Å²) < 4.78 is 41.3. The molecule has 32 heavy (non-hydrogen) atoms. The minimum atomic E-state index is -2.87. The summed E-state index contributed by atoms with van der Waals surface area (Å²) in [6, 6.07) is 4.24. The first-order chi connectivity index (χ1) is 15.1. The van der Waals surface area contributed by atoms with Crippen molar-refractivity contribution in [3.63, 3.8) is 0 Å². The zero-order chi connectivity index (χ0) is 23.0. The van der Waals surface area contributed by atoms with Crippen LogP contribution in [0.4, 0.5) is 13.6 Å². The molecule has 1 fully saturated rings. The van der Waals surface area contributed by atoms with E-state index in [9.17, 15) is 18.4 Å². The van der Waals surface area contributed by atoms with Crippen molar-refractivity contribution in [2.75, 3.05) is 13.2 Å². The highest BCUT2D eigenvalue weighted by Gasteiger charge is 2.39. The van der Waals surface area contributed by atoms with Crippen LogP contribution < -0.4 is 5.32 Å². The predicted octanol–water partition coefficient (Wildman–Crippen LogP) is 3.31. The molecule has 2 amide bonds. The van der Waals surface area contributed by atoms with Crippen molar-refractivity contribution in [2.24, 2.45) is 0 Å². The van der Waals surface area contributed by atoms with Gasteiger partial charge in [0.15, 0.2) is 0 Å². The topological polar surface area (TPSA) is 107 Å². The summed E-state index contributed by atoms with van der Waals surface area (Å²) in [7, 11) is 0. The molecule has 3 heterocycles. The molecule has 1 aromatic heterocycles. The van der Waals surface area contributed by atoms with Crippen molar-refractivity contribution >= 4 is 12.0 Å². The van der Waals surface area contributed by atoms with E-state index in [1.54, 1.807) is 43.9 Å². The van der Waals surface area contributed by atoms with Gasteiger partial charge in [0.25, 0.3) is 11.8 Å². The highest BCUT2D eigenvalue weighted by molar-refractivity contribution is 5.99. The summed E-state index contributed by atoms with van der Waals surface area (Å²) in [5, 5.41) is 9.79. The maximum absolute atomic E-state index is 13.2. The van der Waals surface area contributed by atoms with Gasteiger partial charge < -0.3 is 24.1 Å². The molecule has 2 aliphatic rings. The second-order valence-electron chi connectivity index (χ2n) is 8.73. The van der Waals surface area contributed by atoms with Gasteiger partial charge >= 0.3 is 12.5 Å². The van der Waals surface area contributed by atoms with Crippen LogP contribution in [0.5, 0.6) is 0 Å². The lowest BCUT2D eigenvalue weighted by Gasteiger charge is -2.38. The molecular formula is C21H24F2N4O5. The third-order valence-corrected chi connectivity index (χ3v) is 5.24. The number of amides is 2. The number of alkyl carbamates (subject to hydrolysis) is 1. The molecule has 0 aliphatic carbocycles. The molecule has 172 valence electrons. The number of alkyl halides is 2. The molecule has 0 spiro atoms. The largest absolute Gasteiger partial charge is 0.444 e. The number of hydrogen-bond donors (Lipinski definition) is 1. The van der Waals surface area contributed by atoms with Crippen molar-refractivity contribution in [2.45, 2.75) is 57.8 Å². The first-order valence-electron chi connectivity index (χ1n) is 10.3. The number of carbonyl (C=O) groups is 2. The zero-order valence-corrected chi connectivity index (χ0v) is 17.9. The Balaban J connectivity index is 1.52. The first kappa shape index (κ1) is 22.1. The molecule has 4 rings (SSSR count). The van der Waals surface area contributed by atoms with Gasteiger partial charge in [0, 0.05) is 24.3 Å². The van der Waals surface area contributed by atoms with Crippen LogP contribution in [-0.4, -0.2) is 58.0 Å². The van der Waals surface area contributed by atoms with Crippen molar-refractivity contribution in [1.82, 2.24) is 20.4 Å². The van der Waals surface area contributed by atoms with Gasteiger partial charge in [-0.15, -0.1) is 10.2 Å². The number of nitrogens with one attached hydrogen (secondary N) is 1. The highest BCUT2D eigenvalue weighted by atomic mass is 19.3. The molecule has 1 aromatic carbocycles. The summed E-state index contributed by atoms with van der Waals surface area (Å²) >= 11 is 0. The number of aromatic nitrogens is 2. The monoisotopic (exact) mass is 450 g/mol. The molecule has 0 bridgehead atoms. The van der Waals surface area contributed by atoms with Crippen LogP contribution in [0.2, 0.25) is 0 Å². The molecule has 0 saturated carbocycles. The van der Waals surface area contributed by atoms with Crippen LogP contribution in [-0.2, 0) is 16.0 Å². The lowest BCUT2D eigenvalue weighted by molar-refractivity contribution is -0.000309. The molecule has 1 saturated heterocycles. The van der Waals surface area contributed by atoms with Crippen LogP contribution >= 0.6 is 0 Å².